The van der Waals surface area contributed by atoms with Crippen LogP contribution in [0.5, 0.6) is 0 Å². The van der Waals surface area contributed by atoms with E-state index in [9.17, 15) is 0 Å². The van der Waals surface area contributed by atoms with Gasteiger partial charge in [0, 0.05) is 0 Å². The minimum absolute atomic E-state index is 0.539. The molecule has 0 unspecified atom stereocenters. The van der Waals surface area contributed by atoms with Crippen molar-refractivity contribution in [2.24, 2.45) is 0 Å². The Morgan fingerprint density at radius 2 is 1.25 bits per heavy atom. The predicted octanol–water partition coefficient (Wildman–Crippen LogP) is 4.28. The van der Waals surface area contributed by atoms with Crippen LogP contribution in [0.15, 0.2) is 25.3 Å². The van der Waals surface area contributed by atoms with Crippen LogP contribution in [0.25, 0.3) is 12.2 Å². The second-order valence-corrected chi connectivity index (χ2v) is 3.12. The van der Waals surface area contributed by atoms with Crippen molar-refractivity contribution in [3.8, 4) is 0 Å². The fourth-order valence-corrected chi connectivity index (χ4v) is 1.28. The normalized spacial score (nSPS) is 9.50. The smallest absolute Gasteiger partial charge is 0.0598 e. The van der Waals surface area contributed by atoms with Crippen LogP contribution in [0, 0.1) is 0 Å². The molecule has 1 aromatic rings. The number of halogens is 2. The van der Waals surface area contributed by atoms with E-state index in [1.54, 1.807) is 24.3 Å². The molecule has 1 aromatic carbocycles. The molecular formula is C10H8Cl2. The Morgan fingerprint density at radius 1 is 0.917 bits per heavy atom. The van der Waals surface area contributed by atoms with Crippen LogP contribution in [-0.2, 0) is 0 Å². The highest BCUT2D eigenvalue weighted by molar-refractivity contribution is 6.42. The largest absolute Gasteiger partial charge is 0.0984 e. The molecular weight excluding hydrogens is 191 g/mol. The van der Waals surface area contributed by atoms with E-state index in [1.807, 2.05) is 0 Å². The lowest BCUT2D eigenvalue weighted by Crippen LogP contribution is -1.80. The molecule has 12 heavy (non-hydrogen) atoms. The van der Waals surface area contributed by atoms with Crippen molar-refractivity contribution in [2.75, 3.05) is 0 Å². The summed E-state index contributed by atoms with van der Waals surface area (Å²) >= 11 is 11.6. The summed E-state index contributed by atoms with van der Waals surface area (Å²) in [6.45, 7) is 7.32. The third kappa shape index (κ3) is 1.71. The van der Waals surface area contributed by atoms with Crippen molar-refractivity contribution >= 4 is 35.4 Å². The predicted molar refractivity (Wildman–Crippen MR) is 56.6 cm³/mol. The molecule has 0 spiro atoms. The zero-order valence-corrected chi connectivity index (χ0v) is 7.99. The van der Waals surface area contributed by atoms with Gasteiger partial charge in [-0.3, -0.25) is 0 Å². The van der Waals surface area contributed by atoms with Crippen LogP contribution >= 0.6 is 23.2 Å². The van der Waals surface area contributed by atoms with E-state index in [4.69, 9.17) is 23.2 Å². The summed E-state index contributed by atoms with van der Waals surface area (Å²) in [5.41, 5.74) is 1.89. The van der Waals surface area contributed by atoms with E-state index in [1.165, 1.54) is 0 Å². The van der Waals surface area contributed by atoms with Crippen molar-refractivity contribution < 1.29 is 0 Å². The third-order valence-corrected chi connectivity index (χ3v) is 2.29. The van der Waals surface area contributed by atoms with Gasteiger partial charge in [0.2, 0.25) is 0 Å². The molecule has 0 saturated carbocycles. The first kappa shape index (κ1) is 9.37. The molecule has 62 valence electrons. The van der Waals surface area contributed by atoms with Gasteiger partial charge in [-0.2, -0.15) is 0 Å². The molecule has 1 rings (SSSR count). The van der Waals surface area contributed by atoms with Crippen LogP contribution in [0.2, 0.25) is 10.0 Å². The van der Waals surface area contributed by atoms with Crippen molar-refractivity contribution in [2.45, 2.75) is 0 Å². The molecule has 0 nitrogen and oxygen atoms in total. The molecule has 0 aromatic heterocycles. The molecule has 0 N–H and O–H groups in total. The topological polar surface area (TPSA) is 0 Å². The monoisotopic (exact) mass is 198 g/mol. The highest BCUT2D eigenvalue weighted by atomic mass is 35.5. The first-order chi connectivity index (χ1) is 5.69. The van der Waals surface area contributed by atoms with E-state index in [-0.39, 0.29) is 0 Å². The maximum atomic E-state index is 5.81. The molecule has 0 radical (unpaired) electrons. The molecule has 0 fully saturated rings. The zero-order chi connectivity index (χ0) is 9.14. The molecule has 0 aliphatic rings. The summed E-state index contributed by atoms with van der Waals surface area (Å²) in [4.78, 5) is 0. The van der Waals surface area contributed by atoms with Crippen molar-refractivity contribution in [1.82, 2.24) is 0 Å². The lowest BCUT2D eigenvalue weighted by Gasteiger charge is -2.02. The van der Waals surface area contributed by atoms with Gasteiger partial charge in [-0.05, 0) is 23.3 Å². The number of rotatable bonds is 2. The second kappa shape index (κ2) is 3.79. The van der Waals surface area contributed by atoms with Crippen molar-refractivity contribution in [3.05, 3.63) is 46.5 Å². The number of benzene rings is 1. The Kier molecular flexibility index (Phi) is 2.96. The number of hydrogen-bond acceptors (Lipinski definition) is 0. The average molecular weight is 199 g/mol. The van der Waals surface area contributed by atoms with Gasteiger partial charge in [0.25, 0.3) is 0 Å². The zero-order valence-electron chi connectivity index (χ0n) is 6.48. The van der Waals surface area contributed by atoms with Gasteiger partial charge in [0.05, 0.1) is 10.0 Å². The van der Waals surface area contributed by atoms with Gasteiger partial charge in [-0.15, -0.1) is 0 Å². The summed E-state index contributed by atoms with van der Waals surface area (Å²) in [5, 5.41) is 1.08. The lowest BCUT2D eigenvalue weighted by molar-refractivity contribution is 1.61. The van der Waals surface area contributed by atoms with E-state index < -0.39 is 0 Å². The fourth-order valence-electron chi connectivity index (χ4n) is 0.931. The minimum Gasteiger partial charge on any atom is -0.0984 e. The quantitative estimate of drug-likeness (QED) is 0.666. The van der Waals surface area contributed by atoms with Crippen LogP contribution in [-0.4, -0.2) is 0 Å². The van der Waals surface area contributed by atoms with Gasteiger partial charge in [-0.1, -0.05) is 48.5 Å². The van der Waals surface area contributed by atoms with Gasteiger partial charge >= 0.3 is 0 Å². The van der Waals surface area contributed by atoms with Crippen molar-refractivity contribution in [1.29, 1.82) is 0 Å². The molecule has 0 aliphatic carbocycles. The molecule has 0 atom stereocenters. The fraction of sp³-hybridized carbons (Fsp3) is 0. The maximum Gasteiger partial charge on any atom is 0.0598 e. The Balaban J connectivity index is 3.37. The molecule has 0 amide bonds. The first-order valence-corrected chi connectivity index (χ1v) is 4.18. The summed E-state index contributed by atoms with van der Waals surface area (Å²) in [5.74, 6) is 0. The molecule has 0 bridgehead atoms. The van der Waals surface area contributed by atoms with Crippen molar-refractivity contribution in [3.63, 3.8) is 0 Å². The summed E-state index contributed by atoms with van der Waals surface area (Å²) in [6.07, 6.45) is 3.44. The summed E-state index contributed by atoms with van der Waals surface area (Å²) in [7, 11) is 0. The van der Waals surface area contributed by atoms with Gasteiger partial charge in [0.15, 0.2) is 0 Å². The molecule has 0 saturated heterocycles. The van der Waals surface area contributed by atoms with Crippen LogP contribution < -0.4 is 0 Å². The first-order valence-electron chi connectivity index (χ1n) is 3.43. The lowest BCUT2D eigenvalue weighted by atomic mass is 10.1. The van der Waals surface area contributed by atoms with E-state index in [0.717, 1.165) is 11.1 Å². The molecule has 2 heteroatoms. The summed E-state index contributed by atoms with van der Waals surface area (Å²) in [6, 6.07) is 3.54. The van der Waals surface area contributed by atoms with Gasteiger partial charge in [-0.25, -0.2) is 0 Å². The van der Waals surface area contributed by atoms with Crippen LogP contribution in [0.4, 0.5) is 0 Å². The van der Waals surface area contributed by atoms with Crippen LogP contribution in [0.3, 0.4) is 0 Å². The van der Waals surface area contributed by atoms with Gasteiger partial charge in [0.1, 0.15) is 0 Å². The Hall–Kier alpha value is -0.720. The summed E-state index contributed by atoms with van der Waals surface area (Å²) < 4.78 is 0. The SMILES string of the molecule is C=Cc1cc(Cl)c(Cl)cc1C=C. The average Bonchev–Trinajstić information content (AvgIpc) is 2.09. The van der Waals surface area contributed by atoms with Gasteiger partial charge < -0.3 is 0 Å². The Labute approximate surface area is 82.1 Å². The van der Waals surface area contributed by atoms with E-state index in [2.05, 4.69) is 13.2 Å². The molecule has 0 aliphatic heterocycles. The minimum atomic E-state index is 0.539. The Bertz CT molecular complexity index is 294. The Morgan fingerprint density at radius 3 is 1.50 bits per heavy atom. The highest BCUT2D eigenvalue weighted by Crippen LogP contribution is 2.26. The number of hydrogen-bond donors (Lipinski definition) is 0. The third-order valence-electron chi connectivity index (χ3n) is 1.57. The van der Waals surface area contributed by atoms with E-state index in [0.29, 0.717) is 10.0 Å². The standard InChI is InChI=1S/C10H8Cl2/c1-3-7-5-9(11)10(12)6-8(7)4-2/h3-6H,1-2H2. The second-order valence-electron chi connectivity index (χ2n) is 2.30. The van der Waals surface area contributed by atoms with Crippen LogP contribution in [0.1, 0.15) is 11.1 Å². The van der Waals surface area contributed by atoms with E-state index >= 15 is 0 Å². The maximum absolute atomic E-state index is 5.81. The molecule has 0 heterocycles. The highest BCUT2D eigenvalue weighted by Gasteiger charge is 2.01.